The molecule has 1 aromatic rings. The van der Waals surface area contributed by atoms with Gasteiger partial charge in [-0.05, 0) is 13.0 Å². The summed E-state index contributed by atoms with van der Waals surface area (Å²) in [5.74, 6) is 0.0118. The molecule has 1 amide bonds. The first-order valence-corrected chi connectivity index (χ1v) is 4.67. The summed E-state index contributed by atoms with van der Waals surface area (Å²) in [5, 5.41) is 10.1. The summed E-state index contributed by atoms with van der Waals surface area (Å²) < 4.78 is 1.62. The van der Waals surface area contributed by atoms with Gasteiger partial charge in [-0.3, -0.25) is 9.48 Å². The van der Waals surface area contributed by atoms with Gasteiger partial charge in [0, 0.05) is 25.5 Å². The van der Waals surface area contributed by atoms with Crippen molar-refractivity contribution in [3.63, 3.8) is 0 Å². The largest absolute Gasteiger partial charge is 0.347 e. The first kappa shape index (κ1) is 9.21. The second-order valence-electron chi connectivity index (χ2n) is 3.92. The molecule has 0 aliphatic carbocycles. The first-order valence-electron chi connectivity index (χ1n) is 4.67. The number of amides is 1. The van der Waals surface area contributed by atoms with Crippen molar-refractivity contribution in [3.05, 3.63) is 18.5 Å². The molecular formula is C9H14N4O. The summed E-state index contributed by atoms with van der Waals surface area (Å²) in [6.07, 6.45) is 3.45. The molecule has 1 aromatic heterocycles. The Balaban J connectivity index is 1.84. The molecule has 2 heterocycles. The molecule has 5 heteroatoms. The van der Waals surface area contributed by atoms with Crippen LogP contribution < -0.4 is 10.6 Å². The van der Waals surface area contributed by atoms with Gasteiger partial charge in [0.2, 0.25) is 5.91 Å². The Morgan fingerprint density at radius 3 is 3.00 bits per heavy atom. The van der Waals surface area contributed by atoms with Crippen LogP contribution in [0, 0.1) is 0 Å². The van der Waals surface area contributed by atoms with Gasteiger partial charge in [0.05, 0.1) is 5.54 Å². The van der Waals surface area contributed by atoms with Crippen LogP contribution in [0.3, 0.4) is 0 Å². The van der Waals surface area contributed by atoms with E-state index >= 15 is 0 Å². The zero-order chi connectivity index (χ0) is 10.0. The second kappa shape index (κ2) is 3.42. The molecule has 0 saturated carbocycles. The van der Waals surface area contributed by atoms with Gasteiger partial charge in [-0.1, -0.05) is 0 Å². The predicted octanol–water partition coefficient (Wildman–Crippen LogP) is -0.639. The number of carbonyl (C=O) groups excluding carboxylic acids is 1. The third-order valence-electron chi connectivity index (χ3n) is 2.34. The SMILES string of the molecule is CC1(NC(=O)Cn2cccn2)CNC1. The first-order chi connectivity index (χ1) is 6.68. The number of aromatic nitrogens is 2. The van der Waals surface area contributed by atoms with Crippen LogP contribution >= 0.6 is 0 Å². The lowest BCUT2D eigenvalue weighted by molar-refractivity contribution is -0.124. The molecular weight excluding hydrogens is 180 g/mol. The third kappa shape index (κ3) is 1.93. The Morgan fingerprint density at radius 1 is 1.71 bits per heavy atom. The molecule has 2 rings (SSSR count). The highest BCUT2D eigenvalue weighted by Crippen LogP contribution is 2.08. The molecule has 5 nitrogen and oxygen atoms in total. The average molecular weight is 194 g/mol. The van der Waals surface area contributed by atoms with Crippen molar-refractivity contribution >= 4 is 5.91 Å². The van der Waals surface area contributed by atoms with Crippen LogP contribution in [0.2, 0.25) is 0 Å². The molecule has 0 spiro atoms. The molecule has 2 N–H and O–H groups in total. The minimum Gasteiger partial charge on any atom is -0.347 e. The van der Waals surface area contributed by atoms with Crippen molar-refractivity contribution in [1.29, 1.82) is 0 Å². The van der Waals surface area contributed by atoms with E-state index in [9.17, 15) is 4.79 Å². The highest BCUT2D eigenvalue weighted by atomic mass is 16.2. The van der Waals surface area contributed by atoms with Crippen LogP contribution in [-0.2, 0) is 11.3 Å². The van der Waals surface area contributed by atoms with Crippen molar-refractivity contribution in [2.75, 3.05) is 13.1 Å². The maximum atomic E-state index is 11.5. The monoisotopic (exact) mass is 194 g/mol. The molecule has 76 valence electrons. The Kier molecular flexibility index (Phi) is 2.25. The van der Waals surface area contributed by atoms with Crippen LogP contribution in [0.25, 0.3) is 0 Å². The fraction of sp³-hybridized carbons (Fsp3) is 0.556. The van der Waals surface area contributed by atoms with E-state index in [1.54, 1.807) is 23.1 Å². The van der Waals surface area contributed by atoms with Crippen LogP contribution in [0.5, 0.6) is 0 Å². The van der Waals surface area contributed by atoms with Crippen LogP contribution in [-0.4, -0.2) is 34.3 Å². The topological polar surface area (TPSA) is 59.0 Å². The molecule has 0 radical (unpaired) electrons. The van der Waals surface area contributed by atoms with Crippen molar-refractivity contribution in [1.82, 2.24) is 20.4 Å². The Morgan fingerprint density at radius 2 is 2.50 bits per heavy atom. The van der Waals surface area contributed by atoms with Crippen LogP contribution in [0.4, 0.5) is 0 Å². The van der Waals surface area contributed by atoms with Crippen molar-refractivity contribution in [3.8, 4) is 0 Å². The lowest BCUT2D eigenvalue weighted by Crippen LogP contribution is -2.67. The Labute approximate surface area is 82.5 Å². The van der Waals surface area contributed by atoms with Crippen LogP contribution in [0.1, 0.15) is 6.92 Å². The molecule has 0 unspecified atom stereocenters. The van der Waals surface area contributed by atoms with E-state index in [2.05, 4.69) is 15.7 Å². The molecule has 1 fully saturated rings. The van der Waals surface area contributed by atoms with Gasteiger partial charge in [-0.25, -0.2) is 0 Å². The maximum absolute atomic E-state index is 11.5. The van der Waals surface area contributed by atoms with Gasteiger partial charge < -0.3 is 10.6 Å². The van der Waals surface area contributed by atoms with Gasteiger partial charge in [0.25, 0.3) is 0 Å². The molecule has 0 bridgehead atoms. The van der Waals surface area contributed by atoms with E-state index in [1.807, 2.05) is 6.92 Å². The lowest BCUT2D eigenvalue weighted by Gasteiger charge is -2.39. The number of nitrogens with zero attached hydrogens (tertiary/aromatic N) is 2. The van der Waals surface area contributed by atoms with E-state index in [4.69, 9.17) is 0 Å². The second-order valence-corrected chi connectivity index (χ2v) is 3.92. The van der Waals surface area contributed by atoms with Crippen molar-refractivity contribution < 1.29 is 4.79 Å². The minimum absolute atomic E-state index is 0.0118. The van der Waals surface area contributed by atoms with E-state index in [0.29, 0.717) is 6.54 Å². The quantitative estimate of drug-likeness (QED) is 0.673. The number of hydrogen-bond donors (Lipinski definition) is 2. The van der Waals surface area contributed by atoms with Crippen molar-refractivity contribution in [2.24, 2.45) is 0 Å². The Hall–Kier alpha value is -1.36. The number of rotatable bonds is 3. The highest BCUT2D eigenvalue weighted by molar-refractivity contribution is 5.76. The average Bonchev–Trinajstić information content (AvgIpc) is 2.53. The molecule has 0 atom stereocenters. The molecule has 1 saturated heterocycles. The molecule has 1 aliphatic heterocycles. The van der Waals surface area contributed by atoms with Gasteiger partial charge in [-0.15, -0.1) is 0 Å². The van der Waals surface area contributed by atoms with Gasteiger partial charge in [0.15, 0.2) is 0 Å². The fourth-order valence-electron chi connectivity index (χ4n) is 1.51. The lowest BCUT2D eigenvalue weighted by atomic mass is 9.95. The summed E-state index contributed by atoms with van der Waals surface area (Å²) >= 11 is 0. The number of carbonyl (C=O) groups is 1. The summed E-state index contributed by atoms with van der Waals surface area (Å²) in [6, 6.07) is 1.81. The minimum atomic E-state index is -0.0652. The molecule has 14 heavy (non-hydrogen) atoms. The third-order valence-corrected chi connectivity index (χ3v) is 2.34. The summed E-state index contributed by atoms with van der Waals surface area (Å²) in [6.45, 7) is 4.02. The van der Waals surface area contributed by atoms with Gasteiger partial charge >= 0.3 is 0 Å². The standard InChI is InChI=1S/C9H14N4O/c1-9(6-10-7-9)12-8(14)5-13-4-2-3-11-13/h2-4,10H,5-7H2,1H3,(H,12,14). The van der Waals surface area contributed by atoms with Gasteiger partial charge in [-0.2, -0.15) is 5.10 Å². The van der Waals surface area contributed by atoms with E-state index < -0.39 is 0 Å². The smallest absolute Gasteiger partial charge is 0.242 e. The zero-order valence-electron chi connectivity index (χ0n) is 8.16. The maximum Gasteiger partial charge on any atom is 0.242 e. The predicted molar refractivity (Wildman–Crippen MR) is 51.6 cm³/mol. The summed E-state index contributed by atoms with van der Waals surface area (Å²) in [5.41, 5.74) is -0.0652. The zero-order valence-corrected chi connectivity index (χ0v) is 8.16. The van der Waals surface area contributed by atoms with Gasteiger partial charge in [0.1, 0.15) is 6.54 Å². The molecule has 1 aliphatic rings. The van der Waals surface area contributed by atoms with E-state index in [0.717, 1.165) is 13.1 Å². The van der Waals surface area contributed by atoms with Crippen LogP contribution in [0.15, 0.2) is 18.5 Å². The number of nitrogens with one attached hydrogen (secondary N) is 2. The van der Waals surface area contributed by atoms with Crippen molar-refractivity contribution in [2.45, 2.75) is 19.0 Å². The number of hydrogen-bond acceptors (Lipinski definition) is 3. The highest BCUT2D eigenvalue weighted by Gasteiger charge is 2.32. The normalized spacial score (nSPS) is 18.6. The molecule has 0 aromatic carbocycles. The van der Waals surface area contributed by atoms with E-state index in [-0.39, 0.29) is 11.4 Å². The fourth-order valence-corrected chi connectivity index (χ4v) is 1.51. The Bertz CT molecular complexity index is 316. The summed E-state index contributed by atoms with van der Waals surface area (Å²) in [7, 11) is 0. The van der Waals surface area contributed by atoms with E-state index in [1.165, 1.54) is 0 Å². The summed E-state index contributed by atoms with van der Waals surface area (Å²) in [4.78, 5) is 11.5.